The quantitative estimate of drug-likeness (QED) is 0.110. The number of rotatable bonds is 10. The van der Waals surface area contributed by atoms with E-state index in [9.17, 15) is 9.59 Å². The summed E-state index contributed by atoms with van der Waals surface area (Å²) in [7, 11) is 0. The predicted molar refractivity (Wildman–Crippen MR) is 218 cm³/mol. The van der Waals surface area contributed by atoms with Gasteiger partial charge < -0.3 is 0 Å². The minimum absolute atomic E-state index is 0.0717. The number of hydrogen-bond acceptors (Lipinski definition) is 2. The minimum atomic E-state index is -2.48. The van der Waals surface area contributed by atoms with Crippen LogP contribution in [-0.2, 0) is 0 Å². The fraction of sp³-hybridized carbons (Fsp3) is 0. The van der Waals surface area contributed by atoms with Crippen molar-refractivity contribution in [3.8, 4) is 0 Å². The highest BCUT2D eigenvalue weighted by Gasteiger charge is 2.28. The van der Waals surface area contributed by atoms with Crippen LogP contribution >= 0.6 is 13.8 Å². The molecule has 0 aliphatic rings. The predicted octanol–water partition coefficient (Wildman–Crippen LogP) is 7.64. The third-order valence-corrected chi connectivity index (χ3v) is 17.0. The van der Waals surface area contributed by atoms with Gasteiger partial charge in [0.25, 0.3) is 0 Å². The number of ketones is 2. The fourth-order valence-electron chi connectivity index (χ4n) is 6.62. The van der Waals surface area contributed by atoms with Crippen molar-refractivity contribution in [3.05, 3.63) is 217 Å². The van der Waals surface area contributed by atoms with Gasteiger partial charge in [0.15, 0.2) is 11.6 Å². The van der Waals surface area contributed by atoms with Gasteiger partial charge in [0.1, 0.15) is 0 Å². The van der Waals surface area contributed by atoms with Crippen molar-refractivity contribution >= 4 is 68.8 Å². The second-order valence-corrected chi connectivity index (χ2v) is 18.5. The summed E-state index contributed by atoms with van der Waals surface area (Å²) in [5.74, 6) is 3.73. The highest BCUT2D eigenvalue weighted by Crippen LogP contribution is 2.45. The Hall–Kier alpha value is -5.52. The molecular weight excluding hydrogens is 646 g/mol. The van der Waals surface area contributed by atoms with E-state index in [1.165, 1.54) is 0 Å². The molecule has 0 N–H and O–H groups in total. The van der Waals surface area contributed by atoms with Gasteiger partial charge in [-0.2, -0.15) is 0 Å². The molecule has 0 unspecified atom stereocenters. The van der Waals surface area contributed by atoms with Crippen LogP contribution in [0.4, 0.5) is 0 Å². The number of carbonyl (C=O) groups is 2. The molecule has 4 heteroatoms. The molecule has 50 heavy (non-hydrogen) atoms. The largest absolute Gasteiger partial charge is 0.289 e. The lowest BCUT2D eigenvalue weighted by Crippen LogP contribution is -2.28. The highest BCUT2D eigenvalue weighted by molar-refractivity contribution is 7.95. The lowest BCUT2D eigenvalue weighted by atomic mass is 10.1. The Balaban J connectivity index is 1.35. The van der Waals surface area contributed by atoms with Gasteiger partial charge in [0.2, 0.25) is 0 Å². The lowest BCUT2D eigenvalue weighted by Gasteiger charge is -2.28. The van der Waals surface area contributed by atoms with Crippen LogP contribution in [0.1, 0.15) is 20.7 Å². The molecule has 0 saturated heterocycles. The summed E-state index contributed by atoms with van der Waals surface area (Å²) >= 11 is 0. The standard InChI is InChI=1S/C46H36O2P2/c47-45(35-49(39-19-7-1-8-20-39,40-21-9-2-10-22-40)41-23-11-3-12-24-41)37-31-33-38(34-32-37)46(48)36-50(42-25-13-4-14-26-42,43-27-15-5-16-28-43)44-29-17-6-18-30-44/h1-36H. The van der Waals surface area contributed by atoms with E-state index in [2.05, 4.69) is 72.8 Å². The maximum atomic E-state index is 14.3. The summed E-state index contributed by atoms with van der Waals surface area (Å²) in [5, 5.41) is 6.64. The molecule has 0 fully saturated rings. The molecule has 7 aromatic carbocycles. The Morgan fingerprint density at radius 1 is 0.280 bits per heavy atom. The van der Waals surface area contributed by atoms with E-state index in [1.807, 2.05) is 121 Å². The van der Waals surface area contributed by atoms with Gasteiger partial charge in [-0.25, -0.2) is 0 Å². The van der Waals surface area contributed by atoms with Gasteiger partial charge in [0.05, 0.1) is 0 Å². The van der Waals surface area contributed by atoms with E-state index in [-0.39, 0.29) is 11.6 Å². The Kier molecular flexibility index (Phi) is 9.86. The minimum Gasteiger partial charge on any atom is -0.289 e. The number of hydrogen-bond donors (Lipinski definition) is 0. The van der Waals surface area contributed by atoms with Crippen molar-refractivity contribution in [3.63, 3.8) is 0 Å². The monoisotopic (exact) mass is 682 g/mol. The smallest absolute Gasteiger partial charge is 0.186 e. The first kappa shape index (κ1) is 33.0. The maximum absolute atomic E-state index is 14.3. The summed E-state index contributed by atoms with van der Waals surface area (Å²) in [6, 6.07) is 69.1. The molecule has 0 atom stereocenters. The highest BCUT2D eigenvalue weighted by atomic mass is 31.2. The van der Waals surface area contributed by atoms with E-state index in [4.69, 9.17) is 0 Å². The first-order valence-electron chi connectivity index (χ1n) is 16.6. The van der Waals surface area contributed by atoms with E-state index >= 15 is 0 Å². The summed E-state index contributed by atoms with van der Waals surface area (Å²) in [4.78, 5) is 28.7. The van der Waals surface area contributed by atoms with Gasteiger partial charge >= 0.3 is 0 Å². The van der Waals surface area contributed by atoms with Crippen LogP contribution in [-0.4, -0.2) is 23.2 Å². The SMILES string of the molecule is O=C(C=P(c1ccccc1)(c1ccccc1)c1ccccc1)c1ccc(C(=O)C=P(c2ccccc2)(c2ccccc2)c2ccccc2)cc1. The van der Waals surface area contributed by atoms with Crippen molar-refractivity contribution in [2.24, 2.45) is 0 Å². The number of Topliss-reactive ketones (excluding diaryl/α,β-unsaturated/α-hetero) is 2. The second kappa shape index (κ2) is 14.9. The van der Waals surface area contributed by atoms with Crippen molar-refractivity contribution in [2.75, 3.05) is 0 Å². The van der Waals surface area contributed by atoms with Crippen LogP contribution in [0.15, 0.2) is 206 Å². The van der Waals surface area contributed by atoms with Gasteiger partial charge in [-0.15, -0.1) is 0 Å². The average Bonchev–Trinajstić information content (AvgIpc) is 3.21. The average molecular weight is 683 g/mol. The Morgan fingerprint density at radius 3 is 0.640 bits per heavy atom. The molecular formula is C46H36O2P2. The van der Waals surface area contributed by atoms with Crippen LogP contribution in [0, 0.1) is 0 Å². The molecule has 2 nitrogen and oxygen atoms in total. The summed E-state index contributed by atoms with van der Waals surface area (Å²) in [5.41, 5.74) is 1.09. The van der Waals surface area contributed by atoms with E-state index in [0.717, 1.165) is 31.8 Å². The van der Waals surface area contributed by atoms with Crippen molar-refractivity contribution in [2.45, 2.75) is 0 Å². The van der Waals surface area contributed by atoms with Crippen LogP contribution in [0.2, 0.25) is 0 Å². The maximum Gasteiger partial charge on any atom is 0.186 e. The zero-order valence-corrected chi connectivity index (χ0v) is 29.3. The first-order valence-corrected chi connectivity index (χ1v) is 20.3. The topological polar surface area (TPSA) is 34.1 Å². The molecule has 0 aromatic heterocycles. The molecule has 0 bridgehead atoms. The zero-order chi connectivity index (χ0) is 34.2. The summed E-state index contributed by atoms with van der Waals surface area (Å²) in [6.07, 6.45) is 0. The Morgan fingerprint density at radius 2 is 0.460 bits per heavy atom. The van der Waals surface area contributed by atoms with Gasteiger partial charge in [-0.05, 0) is 57.2 Å². The second-order valence-electron chi connectivity index (χ2n) is 12.0. The third kappa shape index (κ3) is 6.45. The zero-order valence-electron chi connectivity index (χ0n) is 27.5. The molecule has 0 radical (unpaired) electrons. The molecule has 7 aromatic rings. The van der Waals surface area contributed by atoms with Gasteiger partial charge in [0, 0.05) is 11.1 Å². The molecule has 0 heterocycles. The molecule has 242 valence electrons. The van der Waals surface area contributed by atoms with Gasteiger partial charge in [-0.3, -0.25) is 9.59 Å². The Labute approximate surface area is 294 Å². The number of benzene rings is 7. The molecule has 0 aliphatic heterocycles. The van der Waals surface area contributed by atoms with Crippen molar-refractivity contribution in [1.82, 2.24) is 0 Å². The fourth-order valence-corrected chi connectivity index (χ4v) is 14.2. The Bertz CT molecular complexity index is 1940. The molecule has 0 spiro atoms. The number of carbonyl (C=O) groups excluding carboxylic acids is 2. The van der Waals surface area contributed by atoms with Gasteiger partial charge in [-0.1, -0.05) is 206 Å². The summed E-state index contributed by atoms with van der Waals surface area (Å²) < 4.78 is 0. The molecule has 0 saturated carbocycles. The normalized spacial score (nSPS) is 11.4. The van der Waals surface area contributed by atoms with E-state index in [0.29, 0.717) is 11.1 Å². The van der Waals surface area contributed by atoms with Crippen LogP contribution in [0.3, 0.4) is 0 Å². The lowest BCUT2D eigenvalue weighted by molar-refractivity contribution is 0.106. The van der Waals surface area contributed by atoms with Crippen LogP contribution in [0.25, 0.3) is 0 Å². The summed E-state index contributed by atoms with van der Waals surface area (Å²) in [6.45, 7) is -4.96. The first-order chi connectivity index (χ1) is 24.6. The third-order valence-electron chi connectivity index (χ3n) is 9.06. The van der Waals surface area contributed by atoms with Crippen LogP contribution < -0.4 is 31.8 Å². The van der Waals surface area contributed by atoms with Crippen LogP contribution in [0.5, 0.6) is 0 Å². The molecule has 7 rings (SSSR count). The molecule has 0 amide bonds. The van der Waals surface area contributed by atoms with E-state index in [1.54, 1.807) is 24.3 Å². The van der Waals surface area contributed by atoms with Crippen molar-refractivity contribution < 1.29 is 9.59 Å². The molecule has 0 aliphatic carbocycles. The van der Waals surface area contributed by atoms with Crippen molar-refractivity contribution in [1.29, 1.82) is 0 Å². The van der Waals surface area contributed by atoms with E-state index < -0.39 is 13.8 Å².